The molecule has 0 amide bonds. The van der Waals surface area contributed by atoms with Crippen LogP contribution in [0.4, 0.5) is 0 Å². The van der Waals surface area contributed by atoms with Crippen molar-refractivity contribution in [3.8, 4) is 0 Å². The average molecular weight is 362 g/mol. The van der Waals surface area contributed by atoms with E-state index in [0.29, 0.717) is 0 Å². The predicted octanol–water partition coefficient (Wildman–Crippen LogP) is 8.66. The fraction of sp³-hybridized carbons (Fsp3) is 0.680. The molecule has 1 unspecified atom stereocenters. The van der Waals surface area contributed by atoms with Gasteiger partial charge in [0.2, 0.25) is 0 Å². The Morgan fingerprint density at radius 1 is 1.12 bits per heavy atom. The van der Waals surface area contributed by atoms with Gasteiger partial charge in [0.05, 0.1) is 0 Å². The molecule has 1 atom stereocenters. The summed E-state index contributed by atoms with van der Waals surface area (Å²) in [6.07, 6.45) is 14.5. The molecule has 0 aliphatic carbocycles. The normalized spacial score (nSPS) is 18.2. The standard InChI is InChI=1S/C19H29N.3C2H6/c1-5-7-9-10-17-12-13-20-16(4)18(11-8-6-2)15(3)14-19(17)20;3*1-2/h6,8,14,17H,4-5,7,9-13H2,1-3H3;3*1-2H3/b8-6-;;;. The summed E-state index contributed by atoms with van der Waals surface area (Å²) in [6, 6.07) is 0. The summed E-state index contributed by atoms with van der Waals surface area (Å²) in [6.45, 7) is 24.1. The Hall–Kier alpha value is -1.24. The molecule has 2 aliphatic heterocycles. The zero-order valence-electron chi connectivity index (χ0n) is 19.4. The van der Waals surface area contributed by atoms with E-state index < -0.39 is 0 Å². The van der Waals surface area contributed by atoms with Gasteiger partial charge in [-0.2, -0.15) is 0 Å². The van der Waals surface area contributed by atoms with E-state index in [-0.39, 0.29) is 0 Å². The second kappa shape index (κ2) is 17.2. The SMILES string of the molecule is C=C1C(C/C=C\C)=C(C)C=C2C(CCCCC)CCN12.CC.CC.CC. The Morgan fingerprint density at radius 3 is 2.27 bits per heavy atom. The van der Waals surface area contributed by atoms with Gasteiger partial charge < -0.3 is 4.90 Å². The van der Waals surface area contributed by atoms with E-state index in [9.17, 15) is 0 Å². The molecule has 1 nitrogen and oxygen atoms in total. The summed E-state index contributed by atoms with van der Waals surface area (Å²) in [5, 5.41) is 0. The number of nitrogens with zero attached hydrogens (tertiary/aromatic N) is 1. The van der Waals surface area contributed by atoms with Crippen molar-refractivity contribution in [1.82, 2.24) is 4.90 Å². The molecule has 0 aromatic heterocycles. The van der Waals surface area contributed by atoms with Gasteiger partial charge in [-0.05, 0) is 50.3 Å². The van der Waals surface area contributed by atoms with Crippen molar-refractivity contribution in [2.45, 2.75) is 101 Å². The number of hydrogen-bond acceptors (Lipinski definition) is 1. The molecule has 2 aliphatic rings. The summed E-state index contributed by atoms with van der Waals surface area (Å²) in [5.74, 6) is 0.761. The van der Waals surface area contributed by atoms with E-state index >= 15 is 0 Å². The molecule has 0 N–H and O–H groups in total. The summed E-state index contributed by atoms with van der Waals surface area (Å²) >= 11 is 0. The molecular formula is C25H47N. The topological polar surface area (TPSA) is 3.24 Å². The zero-order chi connectivity index (χ0) is 20.5. The predicted molar refractivity (Wildman–Crippen MR) is 122 cm³/mol. The Balaban J connectivity index is 0. The van der Waals surface area contributed by atoms with Crippen molar-refractivity contribution < 1.29 is 0 Å². The Bertz CT molecular complexity index is 451. The summed E-state index contributed by atoms with van der Waals surface area (Å²) < 4.78 is 0. The molecule has 2 heterocycles. The monoisotopic (exact) mass is 361 g/mol. The molecule has 0 spiro atoms. The molecule has 0 aromatic carbocycles. The maximum Gasteiger partial charge on any atom is 0.0373 e. The highest BCUT2D eigenvalue weighted by Gasteiger charge is 2.32. The van der Waals surface area contributed by atoms with Crippen LogP contribution in [0.2, 0.25) is 0 Å². The molecule has 0 bridgehead atoms. The van der Waals surface area contributed by atoms with E-state index in [2.05, 4.69) is 50.5 Å². The molecule has 152 valence electrons. The van der Waals surface area contributed by atoms with Crippen LogP contribution >= 0.6 is 0 Å². The molecule has 1 saturated heterocycles. The van der Waals surface area contributed by atoms with E-state index in [4.69, 9.17) is 0 Å². The van der Waals surface area contributed by atoms with Gasteiger partial charge in [0, 0.05) is 23.9 Å². The quantitative estimate of drug-likeness (QED) is 0.338. The molecule has 0 aromatic rings. The van der Waals surface area contributed by atoms with E-state index in [1.54, 1.807) is 0 Å². The Labute approximate surface area is 166 Å². The van der Waals surface area contributed by atoms with Crippen LogP contribution in [0.3, 0.4) is 0 Å². The van der Waals surface area contributed by atoms with Crippen molar-refractivity contribution in [3.63, 3.8) is 0 Å². The van der Waals surface area contributed by atoms with Gasteiger partial charge in [0.1, 0.15) is 0 Å². The molecule has 0 saturated carbocycles. The third-order valence-electron chi connectivity index (χ3n) is 4.66. The van der Waals surface area contributed by atoms with Crippen molar-refractivity contribution in [1.29, 1.82) is 0 Å². The maximum atomic E-state index is 4.37. The first-order valence-electron chi connectivity index (χ1n) is 11.2. The lowest BCUT2D eigenvalue weighted by atomic mass is 9.92. The molecule has 0 radical (unpaired) electrons. The van der Waals surface area contributed by atoms with Gasteiger partial charge in [-0.3, -0.25) is 0 Å². The second-order valence-electron chi connectivity index (χ2n) is 6.08. The molecular weight excluding hydrogens is 314 g/mol. The number of allylic oxidation sites excluding steroid dienone is 6. The van der Waals surface area contributed by atoms with E-state index in [1.807, 2.05) is 41.5 Å². The first-order chi connectivity index (χ1) is 12.7. The van der Waals surface area contributed by atoms with E-state index in [1.165, 1.54) is 54.6 Å². The first kappa shape index (κ1) is 27.0. The average Bonchev–Trinajstić information content (AvgIpc) is 3.10. The van der Waals surface area contributed by atoms with Crippen molar-refractivity contribution in [3.05, 3.63) is 47.3 Å². The third-order valence-corrected chi connectivity index (χ3v) is 4.66. The van der Waals surface area contributed by atoms with Crippen LogP contribution < -0.4 is 0 Å². The molecule has 26 heavy (non-hydrogen) atoms. The van der Waals surface area contributed by atoms with Crippen molar-refractivity contribution >= 4 is 0 Å². The first-order valence-corrected chi connectivity index (χ1v) is 11.2. The Morgan fingerprint density at radius 2 is 1.73 bits per heavy atom. The summed E-state index contributed by atoms with van der Waals surface area (Å²) in [7, 11) is 0. The van der Waals surface area contributed by atoms with Crippen LogP contribution in [0.15, 0.2) is 47.3 Å². The van der Waals surface area contributed by atoms with Gasteiger partial charge >= 0.3 is 0 Å². The number of hydrogen-bond donors (Lipinski definition) is 0. The summed E-state index contributed by atoms with van der Waals surface area (Å²) in [5.41, 5.74) is 5.62. The van der Waals surface area contributed by atoms with Gasteiger partial charge in [0.25, 0.3) is 0 Å². The maximum absolute atomic E-state index is 4.37. The lowest BCUT2D eigenvalue weighted by Crippen LogP contribution is -2.22. The minimum absolute atomic E-state index is 0.761. The molecule has 2 rings (SSSR count). The van der Waals surface area contributed by atoms with Crippen LogP contribution in [0.25, 0.3) is 0 Å². The number of unbranched alkanes of at least 4 members (excludes halogenated alkanes) is 2. The van der Waals surface area contributed by atoms with Gasteiger partial charge in [0.15, 0.2) is 0 Å². The lowest BCUT2D eigenvalue weighted by Gasteiger charge is -2.31. The van der Waals surface area contributed by atoms with Crippen LogP contribution in [-0.2, 0) is 0 Å². The van der Waals surface area contributed by atoms with Crippen LogP contribution in [0.5, 0.6) is 0 Å². The minimum Gasteiger partial charge on any atom is -0.345 e. The molecule has 1 heteroatoms. The Kier molecular flexibility index (Phi) is 17.8. The zero-order valence-corrected chi connectivity index (χ0v) is 19.4. The fourth-order valence-corrected chi connectivity index (χ4v) is 3.42. The highest BCUT2D eigenvalue weighted by Crippen LogP contribution is 2.41. The third kappa shape index (κ3) is 7.98. The summed E-state index contributed by atoms with van der Waals surface area (Å²) in [4.78, 5) is 2.47. The van der Waals surface area contributed by atoms with E-state index in [0.717, 1.165) is 18.9 Å². The van der Waals surface area contributed by atoms with Gasteiger partial charge in [-0.15, -0.1) is 0 Å². The van der Waals surface area contributed by atoms with Gasteiger partial charge in [-0.1, -0.05) is 86.5 Å². The van der Waals surface area contributed by atoms with Gasteiger partial charge in [-0.25, -0.2) is 0 Å². The molecule has 1 fully saturated rings. The fourth-order valence-electron chi connectivity index (χ4n) is 3.42. The van der Waals surface area contributed by atoms with Crippen molar-refractivity contribution in [2.75, 3.05) is 6.54 Å². The van der Waals surface area contributed by atoms with Crippen molar-refractivity contribution in [2.24, 2.45) is 5.92 Å². The number of fused-ring (bicyclic) bond motifs is 1. The van der Waals surface area contributed by atoms with Crippen LogP contribution in [-0.4, -0.2) is 11.4 Å². The number of rotatable bonds is 6. The lowest BCUT2D eigenvalue weighted by molar-refractivity contribution is 0.474. The largest absolute Gasteiger partial charge is 0.345 e. The minimum atomic E-state index is 0.761. The smallest absolute Gasteiger partial charge is 0.0373 e. The highest BCUT2D eigenvalue weighted by atomic mass is 15.2. The second-order valence-corrected chi connectivity index (χ2v) is 6.08. The highest BCUT2D eigenvalue weighted by molar-refractivity contribution is 5.47. The van der Waals surface area contributed by atoms with Crippen LogP contribution in [0, 0.1) is 5.92 Å². The van der Waals surface area contributed by atoms with Crippen LogP contribution in [0.1, 0.15) is 101 Å².